The lowest BCUT2D eigenvalue weighted by atomic mass is 9.93. The Kier molecular flexibility index (Phi) is 7.64. The Bertz CT molecular complexity index is 3230. The van der Waals surface area contributed by atoms with Gasteiger partial charge in [-0.2, -0.15) is 0 Å². The van der Waals surface area contributed by atoms with Gasteiger partial charge in [0, 0.05) is 53.2 Å². The predicted molar refractivity (Wildman–Crippen MR) is 233 cm³/mol. The molecule has 0 unspecified atom stereocenters. The minimum Gasteiger partial charge on any atom is -0.455 e. The van der Waals surface area contributed by atoms with Crippen LogP contribution in [0.25, 0.3) is 110 Å². The summed E-state index contributed by atoms with van der Waals surface area (Å²) in [6.07, 6.45) is 0. The summed E-state index contributed by atoms with van der Waals surface area (Å²) in [5, 5.41) is 4.49. The van der Waals surface area contributed by atoms with Crippen molar-refractivity contribution < 1.29 is 4.42 Å². The summed E-state index contributed by atoms with van der Waals surface area (Å²) in [4.78, 5) is 15.3. The maximum Gasteiger partial charge on any atom is 0.164 e. The maximum absolute atomic E-state index is 6.87. The molecular formula is C51H31N3OS. The molecule has 0 saturated carbocycles. The van der Waals surface area contributed by atoms with Gasteiger partial charge in [-0.3, -0.25) is 0 Å². The van der Waals surface area contributed by atoms with Crippen molar-refractivity contribution in [2.45, 2.75) is 0 Å². The van der Waals surface area contributed by atoms with Crippen LogP contribution in [0.2, 0.25) is 0 Å². The molecule has 0 fully saturated rings. The van der Waals surface area contributed by atoms with Crippen LogP contribution in [0.15, 0.2) is 192 Å². The Hall–Kier alpha value is -7.21. The van der Waals surface area contributed by atoms with Crippen LogP contribution in [-0.4, -0.2) is 15.0 Å². The van der Waals surface area contributed by atoms with E-state index in [2.05, 4.69) is 140 Å². The molecule has 0 aliphatic heterocycles. The van der Waals surface area contributed by atoms with E-state index in [1.807, 2.05) is 59.9 Å². The average molecular weight is 734 g/mol. The van der Waals surface area contributed by atoms with E-state index in [4.69, 9.17) is 19.4 Å². The van der Waals surface area contributed by atoms with Crippen molar-refractivity contribution in [3.63, 3.8) is 0 Å². The van der Waals surface area contributed by atoms with Gasteiger partial charge in [0.1, 0.15) is 11.2 Å². The highest BCUT2D eigenvalue weighted by Crippen LogP contribution is 2.47. The first-order chi connectivity index (χ1) is 27.8. The summed E-state index contributed by atoms with van der Waals surface area (Å²) in [6, 6.07) is 65.5. The molecule has 3 aromatic heterocycles. The molecular weight excluding hydrogens is 703 g/mol. The van der Waals surface area contributed by atoms with Gasteiger partial charge in [-0.1, -0.05) is 176 Å². The number of benzene rings is 8. The molecule has 5 heteroatoms. The highest BCUT2D eigenvalue weighted by atomic mass is 32.1. The lowest BCUT2D eigenvalue weighted by Crippen LogP contribution is -2.00. The Morgan fingerprint density at radius 2 is 0.875 bits per heavy atom. The lowest BCUT2D eigenvalue weighted by Gasteiger charge is -2.10. The molecule has 0 bridgehead atoms. The zero-order valence-electron chi connectivity index (χ0n) is 30.1. The molecule has 0 N–H and O–H groups in total. The highest BCUT2D eigenvalue weighted by Gasteiger charge is 2.22. The van der Waals surface area contributed by atoms with Crippen molar-refractivity contribution in [3.05, 3.63) is 188 Å². The summed E-state index contributed by atoms with van der Waals surface area (Å²) >= 11 is 1.85. The Labute approximate surface area is 327 Å². The molecule has 0 radical (unpaired) electrons. The molecule has 0 amide bonds. The van der Waals surface area contributed by atoms with Crippen molar-refractivity contribution >= 4 is 53.4 Å². The number of furan rings is 1. The zero-order valence-corrected chi connectivity index (χ0v) is 30.9. The average Bonchev–Trinajstić information content (AvgIpc) is 3.86. The minimum absolute atomic E-state index is 0.595. The first-order valence-corrected chi connectivity index (χ1v) is 19.5. The van der Waals surface area contributed by atoms with Gasteiger partial charge in [0.15, 0.2) is 17.5 Å². The Balaban J connectivity index is 1.11. The number of hydrogen-bond acceptors (Lipinski definition) is 5. The van der Waals surface area contributed by atoms with Gasteiger partial charge >= 0.3 is 0 Å². The number of rotatable bonds is 6. The standard InChI is InChI=1S/C51H31N3OS/c1-4-14-32(15-5-1)33-26-28-36(29-27-33)50-52-49(35-18-8-3-9-19-35)53-51(54-50)42-23-13-24-43-45(42)41-22-12-21-39(47(41)55-43)38-31-30-37(34-16-6-2-7-17-34)48-46(38)40-20-10-11-25-44(40)56-48/h1-31H. The third-order valence-corrected chi connectivity index (χ3v) is 11.8. The van der Waals surface area contributed by atoms with Crippen LogP contribution >= 0.6 is 11.3 Å². The van der Waals surface area contributed by atoms with E-state index in [0.29, 0.717) is 17.5 Å². The fourth-order valence-electron chi connectivity index (χ4n) is 7.93. The lowest BCUT2D eigenvalue weighted by molar-refractivity contribution is 0.670. The fourth-order valence-corrected chi connectivity index (χ4v) is 9.19. The van der Waals surface area contributed by atoms with E-state index in [0.717, 1.165) is 55.3 Å². The molecule has 0 aliphatic rings. The summed E-state index contributed by atoms with van der Waals surface area (Å²) in [5.74, 6) is 1.83. The van der Waals surface area contributed by atoms with Gasteiger partial charge in [0.2, 0.25) is 0 Å². The molecule has 4 nitrogen and oxygen atoms in total. The molecule has 0 atom stereocenters. The molecule has 8 aromatic carbocycles. The van der Waals surface area contributed by atoms with Crippen LogP contribution in [0.3, 0.4) is 0 Å². The predicted octanol–water partition coefficient (Wildman–Crippen LogP) is 14.1. The van der Waals surface area contributed by atoms with Gasteiger partial charge in [0.25, 0.3) is 0 Å². The van der Waals surface area contributed by atoms with Crippen molar-refractivity contribution in [2.24, 2.45) is 0 Å². The third-order valence-electron chi connectivity index (χ3n) is 10.6. The van der Waals surface area contributed by atoms with Gasteiger partial charge in [-0.05, 0) is 39.9 Å². The van der Waals surface area contributed by atoms with E-state index >= 15 is 0 Å². The second-order valence-corrected chi connectivity index (χ2v) is 15.0. The molecule has 56 heavy (non-hydrogen) atoms. The van der Waals surface area contributed by atoms with E-state index < -0.39 is 0 Å². The van der Waals surface area contributed by atoms with E-state index in [9.17, 15) is 0 Å². The molecule has 11 aromatic rings. The molecule has 0 saturated heterocycles. The van der Waals surface area contributed by atoms with Gasteiger partial charge in [-0.15, -0.1) is 11.3 Å². The summed E-state index contributed by atoms with van der Waals surface area (Å²) < 4.78 is 9.40. The van der Waals surface area contributed by atoms with Crippen LogP contribution in [-0.2, 0) is 0 Å². The smallest absolute Gasteiger partial charge is 0.164 e. The van der Waals surface area contributed by atoms with Crippen molar-refractivity contribution in [1.29, 1.82) is 0 Å². The first-order valence-electron chi connectivity index (χ1n) is 18.7. The monoisotopic (exact) mass is 733 g/mol. The number of hydrogen-bond donors (Lipinski definition) is 0. The van der Waals surface area contributed by atoms with Crippen molar-refractivity contribution in [2.75, 3.05) is 0 Å². The fraction of sp³-hybridized carbons (Fsp3) is 0. The second-order valence-electron chi connectivity index (χ2n) is 13.9. The number of thiophene rings is 1. The van der Waals surface area contributed by atoms with Crippen LogP contribution in [0.4, 0.5) is 0 Å². The van der Waals surface area contributed by atoms with E-state index in [1.165, 1.54) is 36.9 Å². The summed E-state index contributed by atoms with van der Waals surface area (Å²) in [6.45, 7) is 0. The summed E-state index contributed by atoms with van der Waals surface area (Å²) in [7, 11) is 0. The van der Waals surface area contributed by atoms with Crippen molar-refractivity contribution in [1.82, 2.24) is 15.0 Å². The minimum atomic E-state index is 0.595. The van der Waals surface area contributed by atoms with E-state index in [1.54, 1.807) is 0 Å². The number of aromatic nitrogens is 3. The van der Waals surface area contributed by atoms with Gasteiger partial charge < -0.3 is 4.42 Å². The van der Waals surface area contributed by atoms with Gasteiger partial charge in [-0.25, -0.2) is 15.0 Å². The van der Waals surface area contributed by atoms with E-state index in [-0.39, 0.29) is 0 Å². The maximum atomic E-state index is 6.87. The largest absolute Gasteiger partial charge is 0.455 e. The van der Waals surface area contributed by atoms with Crippen LogP contribution < -0.4 is 0 Å². The first kappa shape index (κ1) is 32.2. The van der Waals surface area contributed by atoms with Crippen molar-refractivity contribution in [3.8, 4) is 67.5 Å². The Morgan fingerprint density at radius 1 is 0.339 bits per heavy atom. The molecule has 11 rings (SSSR count). The van der Waals surface area contributed by atoms with Gasteiger partial charge in [0.05, 0.1) is 0 Å². The number of nitrogens with zero attached hydrogens (tertiary/aromatic N) is 3. The van der Waals surface area contributed by atoms with Crippen LogP contribution in [0.1, 0.15) is 0 Å². The topological polar surface area (TPSA) is 51.8 Å². The Morgan fingerprint density at radius 3 is 1.62 bits per heavy atom. The SMILES string of the molecule is c1ccc(-c2ccc(-c3nc(-c4ccccc4)nc(-c4cccc5oc6c(-c7ccc(-c8ccccc8)c8sc9ccccc9c78)cccc6c45)n3)cc2)cc1. The summed E-state index contributed by atoms with van der Waals surface area (Å²) in [5.41, 5.74) is 11.3. The molecule has 0 spiro atoms. The molecule has 262 valence electrons. The zero-order chi connectivity index (χ0) is 37.0. The molecule has 0 aliphatic carbocycles. The normalized spacial score (nSPS) is 11.6. The van der Waals surface area contributed by atoms with Crippen LogP contribution in [0, 0.1) is 0 Å². The second kappa shape index (κ2) is 13.3. The number of fused-ring (bicyclic) bond motifs is 6. The number of para-hydroxylation sites is 1. The third kappa shape index (κ3) is 5.40. The molecule has 3 heterocycles. The highest BCUT2D eigenvalue weighted by molar-refractivity contribution is 7.26. The quantitative estimate of drug-likeness (QED) is 0.171. The van der Waals surface area contributed by atoms with Crippen LogP contribution in [0.5, 0.6) is 0 Å².